The number of hydrogen-bond donors (Lipinski definition) is 0. The Labute approximate surface area is 131 Å². The summed E-state index contributed by atoms with van der Waals surface area (Å²) in [6, 6.07) is 10.7. The van der Waals surface area contributed by atoms with Gasteiger partial charge >= 0.3 is 0 Å². The van der Waals surface area contributed by atoms with Crippen LogP contribution in [0, 0.1) is 11.3 Å². The van der Waals surface area contributed by atoms with Gasteiger partial charge in [-0.05, 0) is 24.3 Å². The van der Waals surface area contributed by atoms with E-state index in [0.717, 1.165) is 5.69 Å². The highest BCUT2D eigenvalue weighted by Crippen LogP contribution is 2.31. The first-order valence-corrected chi connectivity index (χ1v) is 7.28. The molecule has 0 aliphatic carbocycles. The number of benzene rings is 1. The van der Waals surface area contributed by atoms with E-state index in [1.807, 2.05) is 6.07 Å². The molecule has 102 valence electrons. The summed E-state index contributed by atoms with van der Waals surface area (Å²) >= 11 is 13.0. The van der Waals surface area contributed by atoms with Gasteiger partial charge in [0.1, 0.15) is 4.34 Å². The van der Waals surface area contributed by atoms with Crippen molar-refractivity contribution in [1.82, 2.24) is 0 Å². The van der Waals surface area contributed by atoms with E-state index in [0.29, 0.717) is 19.8 Å². The average Bonchev–Trinajstić information content (AvgIpc) is 2.77. The SMILES string of the molecule is CN(CC(=O)c1cc(Cl)sc1Cl)c1cccc(C#N)c1. The summed E-state index contributed by atoms with van der Waals surface area (Å²) < 4.78 is 0.895. The number of rotatable bonds is 4. The summed E-state index contributed by atoms with van der Waals surface area (Å²) in [5.41, 5.74) is 1.79. The Morgan fingerprint density at radius 3 is 2.75 bits per heavy atom. The van der Waals surface area contributed by atoms with Crippen molar-refractivity contribution in [2.45, 2.75) is 0 Å². The predicted octanol–water partition coefficient (Wildman–Crippen LogP) is 4.25. The highest BCUT2D eigenvalue weighted by Gasteiger charge is 2.16. The normalized spacial score (nSPS) is 10.1. The number of anilines is 1. The predicted molar refractivity (Wildman–Crippen MR) is 83.1 cm³/mol. The summed E-state index contributed by atoms with van der Waals surface area (Å²) in [6.07, 6.45) is 0. The third kappa shape index (κ3) is 3.31. The van der Waals surface area contributed by atoms with Crippen molar-refractivity contribution in [2.24, 2.45) is 0 Å². The zero-order valence-electron chi connectivity index (χ0n) is 10.6. The maximum Gasteiger partial charge on any atom is 0.184 e. The second kappa shape index (κ2) is 6.27. The fraction of sp³-hybridized carbons (Fsp3) is 0.143. The topological polar surface area (TPSA) is 44.1 Å². The molecular weight excluding hydrogens is 315 g/mol. The van der Waals surface area contributed by atoms with E-state index in [1.54, 1.807) is 36.2 Å². The van der Waals surface area contributed by atoms with E-state index in [2.05, 4.69) is 6.07 Å². The molecule has 0 amide bonds. The summed E-state index contributed by atoms with van der Waals surface area (Å²) in [4.78, 5) is 13.9. The van der Waals surface area contributed by atoms with E-state index < -0.39 is 0 Å². The Morgan fingerprint density at radius 2 is 2.15 bits per heavy atom. The Morgan fingerprint density at radius 1 is 1.40 bits per heavy atom. The van der Waals surface area contributed by atoms with Crippen LogP contribution in [0.2, 0.25) is 8.67 Å². The molecule has 2 rings (SSSR count). The minimum absolute atomic E-state index is 0.108. The molecule has 6 heteroatoms. The van der Waals surface area contributed by atoms with Gasteiger partial charge < -0.3 is 4.90 Å². The van der Waals surface area contributed by atoms with Crippen LogP contribution >= 0.6 is 34.5 Å². The number of hydrogen-bond acceptors (Lipinski definition) is 4. The Balaban J connectivity index is 2.15. The van der Waals surface area contributed by atoms with Crippen LogP contribution in [0.1, 0.15) is 15.9 Å². The third-order valence-electron chi connectivity index (χ3n) is 2.75. The largest absolute Gasteiger partial charge is 0.367 e. The molecule has 0 aliphatic heterocycles. The van der Waals surface area contributed by atoms with Crippen LogP contribution in [0.15, 0.2) is 30.3 Å². The van der Waals surface area contributed by atoms with Gasteiger partial charge in [0.05, 0.1) is 28.1 Å². The van der Waals surface area contributed by atoms with Crippen LogP contribution < -0.4 is 4.90 Å². The summed E-state index contributed by atoms with van der Waals surface area (Å²) in [5.74, 6) is -0.108. The first-order chi connectivity index (χ1) is 9.51. The van der Waals surface area contributed by atoms with Crippen LogP contribution in [0.4, 0.5) is 5.69 Å². The van der Waals surface area contributed by atoms with Gasteiger partial charge in [-0.3, -0.25) is 4.79 Å². The van der Waals surface area contributed by atoms with Gasteiger partial charge in [-0.2, -0.15) is 5.26 Å². The lowest BCUT2D eigenvalue weighted by Gasteiger charge is -2.18. The van der Waals surface area contributed by atoms with Crippen molar-refractivity contribution in [2.75, 3.05) is 18.5 Å². The van der Waals surface area contributed by atoms with E-state index in [-0.39, 0.29) is 12.3 Å². The molecule has 2 aromatic rings. The van der Waals surface area contributed by atoms with E-state index in [1.165, 1.54) is 11.3 Å². The fourth-order valence-electron chi connectivity index (χ4n) is 1.74. The molecule has 0 bridgehead atoms. The number of carbonyl (C=O) groups is 1. The maximum atomic E-state index is 12.2. The molecule has 0 atom stereocenters. The number of carbonyl (C=O) groups excluding carboxylic acids is 1. The molecular formula is C14H10Cl2N2OS. The van der Waals surface area contributed by atoms with Crippen LogP contribution in [0.3, 0.4) is 0 Å². The van der Waals surface area contributed by atoms with E-state index in [4.69, 9.17) is 28.5 Å². The standard InChI is InChI=1S/C14H10Cl2N2OS/c1-18(10-4-2-3-9(5-10)7-17)8-12(19)11-6-13(15)20-14(11)16/h2-6H,8H2,1H3. The number of likely N-dealkylation sites (N-methyl/N-ethyl adjacent to an activating group) is 1. The monoisotopic (exact) mass is 324 g/mol. The molecule has 0 fully saturated rings. The second-order valence-corrected chi connectivity index (χ2v) is 6.46. The molecule has 0 saturated heterocycles. The maximum absolute atomic E-state index is 12.2. The zero-order valence-corrected chi connectivity index (χ0v) is 12.9. The minimum Gasteiger partial charge on any atom is -0.367 e. The van der Waals surface area contributed by atoms with Gasteiger partial charge in [0, 0.05) is 12.7 Å². The number of Topliss-reactive ketones (excluding diaryl/α,β-unsaturated/α-hetero) is 1. The Hall–Kier alpha value is -1.54. The summed E-state index contributed by atoms with van der Waals surface area (Å²) in [7, 11) is 1.79. The highest BCUT2D eigenvalue weighted by atomic mass is 35.5. The van der Waals surface area contributed by atoms with Gasteiger partial charge in [0.15, 0.2) is 5.78 Å². The van der Waals surface area contributed by atoms with E-state index in [9.17, 15) is 4.79 Å². The number of thiophene rings is 1. The smallest absolute Gasteiger partial charge is 0.184 e. The molecule has 0 unspecified atom stereocenters. The van der Waals surface area contributed by atoms with Gasteiger partial charge in [0.2, 0.25) is 0 Å². The molecule has 1 aromatic heterocycles. The van der Waals surface area contributed by atoms with Crippen LogP contribution in [0.5, 0.6) is 0 Å². The van der Waals surface area contributed by atoms with Crippen molar-refractivity contribution in [3.63, 3.8) is 0 Å². The molecule has 1 aromatic carbocycles. The first-order valence-electron chi connectivity index (χ1n) is 5.70. The van der Waals surface area contributed by atoms with Crippen molar-refractivity contribution < 1.29 is 4.79 Å². The van der Waals surface area contributed by atoms with Gasteiger partial charge in [-0.15, -0.1) is 11.3 Å². The van der Waals surface area contributed by atoms with Gasteiger partial charge in [-0.1, -0.05) is 29.3 Å². The number of ketones is 1. The van der Waals surface area contributed by atoms with Gasteiger partial charge in [0.25, 0.3) is 0 Å². The lowest BCUT2D eigenvalue weighted by atomic mass is 10.2. The highest BCUT2D eigenvalue weighted by molar-refractivity contribution is 7.20. The zero-order chi connectivity index (χ0) is 14.7. The first kappa shape index (κ1) is 14.9. The number of nitrogens with zero attached hydrogens (tertiary/aromatic N) is 2. The molecule has 3 nitrogen and oxygen atoms in total. The summed E-state index contributed by atoms with van der Waals surface area (Å²) in [5, 5.41) is 8.88. The second-order valence-electron chi connectivity index (χ2n) is 4.18. The molecule has 1 heterocycles. The fourth-order valence-corrected chi connectivity index (χ4v) is 3.23. The Bertz CT molecular complexity index is 691. The van der Waals surface area contributed by atoms with Crippen molar-refractivity contribution >= 4 is 46.0 Å². The van der Waals surface area contributed by atoms with Crippen molar-refractivity contribution in [1.29, 1.82) is 5.26 Å². The van der Waals surface area contributed by atoms with E-state index >= 15 is 0 Å². The quantitative estimate of drug-likeness (QED) is 0.790. The lowest BCUT2D eigenvalue weighted by molar-refractivity contribution is 0.100. The number of halogens is 2. The van der Waals surface area contributed by atoms with Crippen LogP contribution in [-0.4, -0.2) is 19.4 Å². The lowest BCUT2D eigenvalue weighted by Crippen LogP contribution is -2.25. The summed E-state index contributed by atoms with van der Waals surface area (Å²) in [6.45, 7) is 0.168. The molecule has 0 saturated carbocycles. The third-order valence-corrected chi connectivity index (χ3v) is 4.24. The number of nitriles is 1. The van der Waals surface area contributed by atoms with Crippen molar-refractivity contribution in [3.8, 4) is 6.07 Å². The average molecular weight is 325 g/mol. The van der Waals surface area contributed by atoms with Crippen LogP contribution in [-0.2, 0) is 0 Å². The molecule has 20 heavy (non-hydrogen) atoms. The molecule has 0 spiro atoms. The molecule has 0 aliphatic rings. The van der Waals surface area contributed by atoms with Crippen LogP contribution in [0.25, 0.3) is 0 Å². The molecule has 0 N–H and O–H groups in total. The van der Waals surface area contributed by atoms with Crippen molar-refractivity contribution in [3.05, 3.63) is 50.1 Å². The van der Waals surface area contributed by atoms with Gasteiger partial charge in [-0.25, -0.2) is 0 Å². The Kier molecular flexibility index (Phi) is 4.66. The minimum atomic E-state index is -0.108. The molecule has 0 radical (unpaired) electrons.